The van der Waals surface area contributed by atoms with Crippen LogP contribution in [-0.2, 0) is 0 Å². The van der Waals surface area contributed by atoms with Gasteiger partial charge in [-0.05, 0) is 72.2 Å². The molecule has 1 aliphatic carbocycles. The van der Waals surface area contributed by atoms with Gasteiger partial charge in [-0.15, -0.1) is 0 Å². The average molecular weight is 325 g/mol. The predicted molar refractivity (Wildman–Crippen MR) is 80.8 cm³/mol. The topological polar surface area (TPSA) is 26.3 Å². The number of benzene rings is 1. The van der Waals surface area contributed by atoms with Gasteiger partial charge in [0, 0.05) is 5.56 Å². The zero-order valence-corrected chi connectivity index (χ0v) is 13.4. The minimum absolute atomic E-state index is 0.0756. The van der Waals surface area contributed by atoms with Crippen molar-refractivity contribution in [3.63, 3.8) is 0 Å². The molecule has 0 unspecified atom stereocenters. The van der Waals surface area contributed by atoms with Crippen LogP contribution in [0.1, 0.15) is 56.8 Å². The lowest BCUT2D eigenvalue weighted by Gasteiger charge is -2.34. The summed E-state index contributed by atoms with van der Waals surface area (Å²) in [7, 11) is 0. The van der Waals surface area contributed by atoms with Crippen molar-refractivity contribution in [2.24, 2.45) is 5.41 Å². The Bertz CT molecular complexity index is 470. The number of ketones is 1. The van der Waals surface area contributed by atoms with Gasteiger partial charge in [0.15, 0.2) is 5.78 Å². The molecular formula is C16H21BrO2. The summed E-state index contributed by atoms with van der Waals surface area (Å²) in [5.41, 5.74) is 1.17. The van der Waals surface area contributed by atoms with Crippen molar-refractivity contribution in [2.45, 2.75) is 52.6 Å². The molecule has 1 saturated carbocycles. The van der Waals surface area contributed by atoms with E-state index in [4.69, 9.17) is 4.74 Å². The highest BCUT2D eigenvalue weighted by Gasteiger charge is 2.28. The van der Waals surface area contributed by atoms with Crippen LogP contribution in [0.15, 0.2) is 22.7 Å². The van der Waals surface area contributed by atoms with E-state index >= 15 is 0 Å². The molecule has 0 atom stereocenters. The van der Waals surface area contributed by atoms with Crippen molar-refractivity contribution >= 4 is 21.7 Å². The van der Waals surface area contributed by atoms with Crippen molar-refractivity contribution in [3.8, 4) is 5.75 Å². The van der Waals surface area contributed by atoms with Crippen molar-refractivity contribution < 1.29 is 9.53 Å². The maximum atomic E-state index is 11.3. The van der Waals surface area contributed by atoms with Crippen LogP contribution in [0.4, 0.5) is 0 Å². The van der Waals surface area contributed by atoms with Crippen molar-refractivity contribution in [1.82, 2.24) is 0 Å². The molecule has 3 heteroatoms. The monoisotopic (exact) mass is 324 g/mol. The molecule has 1 aromatic carbocycles. The van der Waals surface area contributed by atoms with E-state index < -0.39 is 0 Å². The Kier molecular flexibility index (Phi) is 4.34. The number of hydrogen-bond acceptors (Lipinski definition) is 2. The Labute approximate surface area is 123 Å². The van der Waals surface area contributed by atoms with E-state index in [0.29, 0.717) is 17.1 Å². The molecule has 19 heavy (non-hydrogen) atoms. The second kappa shape index (κ2) is 5.66. The summed E-state index contributed by atoms with van der Waals surface area (Å²) in [5.74, 6) is 0.918. The predicted octanol–water partition coefficient (Wildman–Crippen LogP) is 5.00. The van der Waals surface area contributed by atoms with E-state index in [0.717, 1.165) is 23.1 Å². The summed E-state index contributed by atoms with van der Waals surface area (Å²) >= 11 is 3.49. The molecule has 0 N–H and O–H groups in total. The fourth-order valence-corrected chi connectivity index (χ4v) is 2.96. The summed E-state index contributed by atoms with van der Waals surface area (Å²) in [6.07, 6.45) is 4.93. The van der Waals surface area contributed by atoms with Gasteiger partial charge in [-0.25, -0.2) is 0 Å². The van der Waals surface area contributed by atoms with E-state index in [9.17, 15) is 4.79 Å². The molecule has 0 amide bonds. The van der Waals surface area contributed by atoms with Crippen LogP contribution >= 0.6 is 15.9 Å². The Morgan fingerprint density at radius 1 is 1.32 bits per heavy atom. The highest BCUT2D eigenvalue weighted by Crippen LogP contribution is 2.37. The second-order valence-electron chi connectivity index (χ2n) is 6.18. The van der Waals surface area contributed by atoms with Crippen LogP contribution in [-0.4, -0.2) is 11.9 Å². The van der Waals surface area contributed by atoms with Gasteiger partial charge in [-0.2, -0.15) is 0 Å². The maximum Gasteiger partial charge on any atom is 0.159 e. The van der Waals surface area contributed by atoms with E-state index in [-0.39, 0.29) is 5.78 Å². The van der Waals surface area contributed by atoms with Crippen LogP contribution in [0.25, 0.3) is 0 Å². The van der Waals surface area contributed by atoms with Gasteiger partial charge in [0.1, 0.15) is 5.75 Å². The summed E-state index contributed by atoms with van der Waals surface area (Å²) < 4.78 is 6.92. The molecule has 0 saturated heterocycles. The highest BCUT2D eigenvalue weighted by atomic mass is 79.9. The maximum absolute atomic E-state index is 11.3. The largest absolute Gasteiger partial charge is 0.489 e. The Balaban J connectivity index is 2.02. The number of Topliss-reactive ketones (excluding diaryl/α,β-unsaturated/α-hetero) is 1. The zero-order chi connectivity index (χ0) is 14.0. The molecule has 0 aliphatic heterocycles. The van der Waals surface area contributed by atoms with E-state index in [2.05, 4.69) is 29.8 Å². The third-order valence-electron chi connectivity index (χ3n) is 3.92. The molecule has 0 bridgehead atoms. The summed E-state index contributed by atoms with van der Waals surface area (Å²) in [5, 5.41) is 0. The molecule has 1 aromatic rings. The highest BCUT2D eigenvalue weighted by molar-refractivity contribution is 9.10. The molecule has 2 nitrogen and oxygen atoms in total. The Morgan fingerprint density at radius 3 is 2.47 bits per heavy atom. The standard InChI is InChI=1S/C16H21BrO2/c1-11(18)12-4-5-15(14(17)10-12)19-13-6-8-16(2,3)9-7-13/h4-5,10,13H,6-9H2,1-3H3. The van der Waals surface area contributed by atoms with Crippen LogP contribution < -0.4 is 4.74 Å². The second-order valence-corrected chi connectivity index (χ2v) is 7.04. The molecule has 1 aliphatic rings. The quantitative estimate of drug-likeness (QED) is 0.731. The minimum atomic E-state index is 0.0756. The molecule has 104 valence electrons. The van der Waals surface area contributed by atoms with Gasteiger partial charge in [0.25, 0.3) is 0 Å². The SMILES string of the molecule is CC(=O)c1ccc(OC2CCC(C)(C)CC2)c(Br)c1. The van der Waals surface area contributed by atoms with Crippen LogP contribution in [0.5, 0.6) is 5.75 Å². The third-order valence-corrected chi connectivity index (χ3v) is 4.54. The van der Waals surface area contributed by atoms with Gasteiger partial charge in [0.2, 0.25) is 0 Å². The number of ether oxygens (including phenoxy) is 1. The lowest BCUT2D eigenvalue weighted by atomic mass is 9.76. The summed E-state index contributed by atoms with van der Waals surface area (Å²) in [6, 6.07) is 5.56. The molecule has 0 aromatic heterocycles. The first-order valence-electron chi connectivity index (χ1n) is 6.84. The molecular weight excluding hydrogens is 304 g/mol. The zero-order valence-electron chi connectivity index (χ0n) is 11.8. The smallest absolute Gasteiger partial charge is 0.159 e. The van der Waals surface area contributed by atoms with E-state index in [1.807, 2.05) is 18.2 Å². The van der Waals surface area contributed by atoms with Crippen LogP contribution in [0.3, 0.4) is 0 Å². The first-order chi connectivity index (χ1) is 8.87. The van der Waals surface area contributed by atoms with Crippen LogP contribution in [0.2, 0.25) is 0 Å². The molecule has 2 rings (SSSR count). The Morgan fingerprint density at radius 2 is 1.95 bits per heavy atom. The van der Waals surface area contributed by atoms with Gasteiger partial charge in [-0.1, -0.05) is 13.8 Å². The van der Waals surface area contributed by atoms with Gasteiger partial charge in [-0.3, -0.25) is 4.79 Å². The van der Waals surface area contributed by atoms with E-state index in [1.165, 1.54) is 12.8 Å². The molecule has 0 heterocycles. The van der Waals surface area contributed by atoms with Crippen molar-refractivity contribution in [3.05, 3.63) is 28.2 Å². The van der Waals surface area contributed by atoms with E-state index in [1.54, 1.807) is 6.92 Å². The summed E-state index contributed by atoms with van der Waals surface area (Å²) in [6.45, 7) is 6.22. The van der Waals surface area contributed by atoms with Crippen LogP contribution in [0, 0.1) is 5.41 Å². The molecule has 0 spiro atoms. The number of hydrogen-bond donors (Lipinski definition) is 0. The third kappa shape index (κ3) is 3.82. The average Bonchev–Trinajstić information content (AvgIpc) is 2.34. The van der Waals surface area contributed by atoms with Gasteiger partial charge < -0.3 is 4.74 Å². The fourth-order valence-electron chi connectivity index (χ4n) is 2.49. The number of rotatable bonds is 3. The van der Waals surface area contributed by atoms with Crippen molar-refractivity contribution in [1.29, 1.82) is 0 Å². The lowest BCUT2D eigenvalue weighted by Crippen LogP contribution is -2.28. The molecule has 1 fully saturated rings. The fraction of sp³-hybridized carbons (Fsp3) is 0.562. The first-order valence-corrected chi connectivity index (χ1v) is 7.64. The normalized spacial score (nSPS) is 19.2. The molecule has 0 radical (unpaired) electrons. The number of halogens is 1. The van der Waals surface area contributed by atoms with Crippen molar-refractivity contribution in [2.75, 3.05) is 0 Å². The Hall–Kier alpha value is -0.830. The number of carbonyl (C=O) groups is 1. The minimum Gasteiger partial charge on any atom is -0.489 e. The number of carbonyl (C=O) groups excluding carboxylic acids is 1. The van der Waals surface area contributed by atoms with Gasteiger partial charge in [0.05, 0.1) is 10.6 Å². The summed E-state index contributed by atoms with van der Waals surface area (Å²) in [4.78, 5) is 11.3. The lowest BCUT2D eigenvalue weighted by molar-refractivity contribution is 0.0979. The van der Waals surface area contributed by atoms with Gasteiger partial charge >= 0.3 is 0 Å². The first kappa shape index (κ1) is 14.6.